The Labute approximate surface area is 107 Å². The molecule has 18 heavy (non-hydrogen) atoms. The first kappa shape index (κ1) is 11.8. The summed E-state index contributed by atoms with van der Waals surface area (Å²) >= 11 is 0. The minimum absolute atomic E-state index is 0.142. The van der Waals surface area contributed by atoms with Gasteiger partial charge < -0.3 is 14.6 Å². The molecule has 3 rings (SSSR count). The molecule has 0 saturated carbocycles. The van der Waals surface area contributed by atoms with Gasteiger partial charge in [-0.25, -0.2) is 0 Å². The van der Waals surface area contributed by atoms with E-state index in [1.54, 1.807) is 6.92 Å². The Balaban J connectivity index is 1.80. The summed E-state index contributed by atoms with van der Waals surface area (Å²) in [7, 11) is 0. The third kappa shape index (κ3) is 2.05. The molecule has 0 aromatic carbocycles. The lowest BCUT2D eigenvalue weighted by molar-refractivity contribution is -0.130. The molecule has 2 atom stereocenters. The Hall–Kier alpha value is -1.29. The highest BCUT2D eigenvalue weighted by Gasteiger charge is 2.30. The number of piperazine rings is 1. The zero-order valence-corrected chi connectivity index (χ0v) is 11.0. The predicted molar refractivity (Wildman–Crippen MR) is 68.3 cm³/mol. The van der Waals surface area contributed by atoms with Crippen LogP contribution in [0.3, 0.4) is 0 Å². The first-order valence-electron chi connectivity index (χ1n) is 6.76. The molecule has 1 aliphatic carbocycles. The van der Waals surface area contributed by atoms with E-state index in [4.69, 9.17) is 4.42 Å². The first-order chi connectivity index (χ1) is 8.63. The van der Waals surface area contributed by atoms with E-state index in [0.29, 0.717) is 12.6 Å². The maximum atomic E-state index is 11.5. The molecule has 1 aromatic heterocycles. The number of rotatable bonds is 1. The van der Waals surface area contributed by atoms with Crippen molar-refractivity contribution < 1.29 is 9.21 Å². The van der Waals surface area contributed by atoms with E-state index in [0.717, 1.165) is 30.9 Å². The smallest absolute Gasteiger partial charge is 0.219 e. The van der Waals surface area contributed by atoms with Gasteiger partial charge in [-0.15, -0.1) is 0 Å². The second-order valence-corrected chi connectivity index (χ2v) is 5.50. The number of nitrogens with zero attached hydrogens (tertiary/aromatic N) is 1. The molecule has 1 saturated heterocycles. The number of nitrogens with one attached hydrogen (secondary N) is 1. The fourth-order valence-corrected chi connectivity index (χ4v) is 3.03. The molecule has 1 aliphatic heterocycles. The SMILES string of the molecule is CC(=O)N1CC(C)NC(c2cc3c(o2)CCC3)C1. The monoisotopic (exact) mass is 248 g/mol. The van der Waals surface area contributed by atoms with Gasteiger partial charge in [0.2, 0.25) is 5.91 Å². The second kappa shape index (κ2) is 4.43. The molecule has 1 fully saturated rings. The fraction of sp³-hybridized carbons (Fsp3) is 0.643. The van der Waals surface area contributed by atoms with Crippen molar-refractivity contribution in [1.29, 1.82) is 0 Å². The number of carbonyl (C=O) groups is 1. The van der Waals surface area contributed by atoms with Crippen LogP contribution in [0, 0.1) is 0 Å². The van der Waals surface area contributed by atoms with Gasteiger partial charge in [-0.1, -0.05) is 0 Å². The molecule has 0 spiro atoms. The highest BCUT2D eigenvalue weighted by Crippen LogP contribution is 2.30. The maximum absolute atomic E-state index is 11.5. The highest BCUT2D eigenvalue weighted by molar-refractivity contribution is 5.73. The summed E-state index contributed by atoms with van der Waals surface area (Å²) in [6.45, 7) is 5.24. The van der Waals surface area contributed by atoms with E-state index in [-0.39, 0.29) is 11.9 Å². The predicted octanol–water partition coefficient (Wildman–Crippen LogP) is 1.65. The summed E-state index contributed by atoms with van der Waals surface area (Å²) in [5.41, 5.74) is 1.36. The van der Waals surface area contributed by atoms with Gasteiger partial charge in [0.05, 0.1) is 6.04 Å². The minimum Gasteiger partial charge on any atom is -0.464 e. The summed E-state index contributed by atoms with van der Waals surface area (Å²) in [4.78, 5) is 13.4. The van der Waals surface area contributed by atoms with Crippen LogP contribution in [-0.2, 0) is 17.6 Å². The lowest BCUT2D eigenvalue weighted by atomic mass is 10.1. The van der Waals surface area contributed by atoms with E-state index in [1.165, 1.54) is 12.0 Å². The average Bonchev–Trinajstić information content (AvgIpc) is 2.87. The van der Waals surface area contributed by atoms with Crippen molar-refractivity contribution in [3.05, 3.63) is 23.2 Å². The van der Waals surface area contributed by atoms with Gasteiger partial charge in [0.25, 0.3) is 0 Å². The van der Waals surface area contributed by atoms with Crippen molar-refractivity contribution in [3.8, 4) is 0 Å². The van der Waals surface area contributed by atoms with Gasteiger partial charge in [-0.3, -0.25) is 4.79 Å². The molecule has 0 radical (unpaired) electrons. The van der Waals surface area contributed by atoms with Crippen LogP contribution in [0.15, 0.2) is 10.5 Å². The third-order valence-electron chi connectivity index (χ3n) is 3.94. The van der Waals surface area contributed by atoms with E-state index >= 15 is 0 Å². The lowest BCUT2D eigenvalue weighted by Gasteiger charge is -2.36. The van der Waals surface area contributed by atoms with E-state index < -0.39 is 0 Å². The number of hydrogen-bond donors (Lipinski definition) is 1. The van der Waals surface area contributed by atoms with Gasteiger partial charge in [0.1, 0.15) is 11.5 Å². The maximum Gasteiger partial charge on any atom is 0.219 e. The van der Waals surface area contributed by atoms with Gasteiger partial charge in [0.15, 0.2) is 0 Å². The Bertz CT molecular complexity index is 445. The molecule has 2 heterocycles. The summed E-state index contributed by atoms with van der Waals surface area (Å²) in [6, 6.07) is 2.63. The Morgan fingerprint density at radius 3 is 3.00 bits per heavy atom. The zero-order chi connectivity index (χ0) is 12.7. The normalized spacial score (nSPS) is 27.3. The lowest BCUT2D eigenvalue weighted by Crippen LogP contribution is -2.52. The summed E-state index contributed by atoms with van der Waals surface area (Å²) in [6.07, 6.45) is 3.41. The minimum atomic E-state index is 0.142. The fourth-order valence-electron chi connectivity index (χ4n) is 3.03. The van der Waals surface area contributed by atoms with Crippen LogP contribution in [-0.4, -0.2) is 29.9 Å². The molecule has 1 N–H and O–H groups in total. The number of carbonyl (C=O) groups excluding carboxylic acids is 1. The zero-order valence-electron chi connectivity index (χ0n) is 11.0. The topological polar surface area (TPSA) is 45.5 Å². The van der Waals surface area contributed by atoms with E-state index in [2.05, 4.69) is 18.3 Å². The Morgan fingerprint density at radius 1 is 1.44 bits per heavy atom. The number of furan rings is 1. The van der Waals surface area contributed by atoms with Crippen LogP contribution in [0.1, 0.15) is 43.4 Å². The number of fused-ring (bicyclic) bond motifs is 1. The summed E-state index contributed by atoms with van der Waals surface area (Å²) in [5.74, 6) is 2.30. The molecular weight excluding hydrogens is 228 g/mol. The van der Waals surface area contributed by atoms with Crippen molar-refractivity contribution >= 4 is 5.91 Å². The second-order valence-electron chi connectivity index (χ2n) is 5.50. The molecule has 4 nitrogen and oxygen atoms in total. The molecule has 1 aromatic rings. The van der Waals surface area contributed by atoms with Crippen LogP contribution in [0.5, 0.6) is 0 Å². The summed E-state index contributed by atoms with van der Waals surface area (Å²) < 4.78 is 5.94. The molecule has 0 bridgehead atoms. The van der Waals surface area contributed by atoms with Crippen molar-refractivity contribution in [2.24, 2.45) is 0 Å². The first-order valence-corrected chi connectivity index (χ1v) is 6.76. The molecule has 98 valence electrons. The van der Waals surface area contributed by atoms with Gasteiger partial charge in [-0.05, 0) is 31.4 Å². The quantitative estimate of drug-likeness (QED) is 0.822. The van der Waals surface area contributed by atoms with E-state index in [1.807, 2.05) is 4.90 Å². The van der Waals surface area contributed by atoms with Crippen LogP contribution in [0.4, 0.5) is 0 Å². The van der Waals surface area contributed by atoms with Crippen molar-refractivity contribution in [1.82, 2.24) is 10.2 Å². The Kier molecular flexibility index (Phi) is 2.90. The van der Waals surface area contributed by atoms with Crippen molar-refractivity contribution in [2.75, 3.05) is 13.1 Å². The summed E-state index contributed by atoms with van der Waals surface area (Å²) in [5, 5.41) is 3.52. The molecule has 2 aliphatic rings. The number of hydrogen-bond acceptors (Lipinski definition) is 3. The molecule has 1 amide bonds. The van der Waals surface area contributed by atoms with Gasteiger partial charge in [-0.2, -0.15) is 0 Å². The Morgan fingerprint density at radius 2 is 2.28 bits per heavy atom. The molecular formula is C14H20N2O2. The molecule has 4 heteroatoms. The van der Waals surface area contributed by atoms with Crippen molar-refractivity contribution in [2.45, 2.75) is 45.2 Å². The number of aryl methyl sites for hydroxylation is 2. The third-order valence-corrected chi connectivity index (χ3v) is 3.94. The highest BCUT2D eigenvalue weighted by atomic mass is 16.3. The van der Waals surface area contributed by atoms with Crippen LogP contribution in [0.25, 0.3) is 0 Å². The van der Waals surface area contributed by atoms with Gasteiger partial charge in [0, 0.05) is 32.5 Å². The standard InChI is InChI=1S/C14H20N2O2/c1-9-7-16(10(2)17)8-12(15-9)14-6-11-4-3-5-13(11)18-14/h6,9,12,15H,3-5,7-8H2,1-2H3. The van der Waals surface area contributed by atoms with Crippen LogP contribution in [0.2, 0.25) is 0 Å². The largest absolute Gasteiger partial charge is 0.464 e. The van der Waals surface area contributed by atoms with Crippen LogP contribution >= 0.6 is 0 Å². The molecule has 2 unspecified atom stereocenters. The van der Waals surface area contributed by atoms with Crippen LogP contribution < -0.4 is 5.32 Å². The van der Waals surface area contributed by atoms with E-state index in [9.17, 15) is 4.79 Å². The van der Waals surface area contributed by atoms with Crippen molar-refractivity contribution in [3.63, 3.8) is 0 Å². The van der Waals surface area contributed by atoms with Gasteiger partial charge >= 0.3 is 0 Å². The average molecular weight is 248 g/mol. The number of amides is 1.